The molecule has 0 saturated carbocycles. The molecule has 0 spiro atoms. The highest BCUT2D eigenvalue weighted by Gasteiger charge is 2.25. The Labute approximate surface area is 161 Å². The van der Waals surface area contributed by atoms with E-state index in [4.69, 9.17) is 4.74 Å². The summed E-state index contributed by atoms with van der Waals surface area (Å²) in [5, 5.41) is 1.40. The number of ether oxygens (including phenoxy) is 1. The first kappa shape index (κ1) is 18.2. The summed E-state index contributed by atoms with van der Waals surface area (Å²) in [6.07, 6.45) is 4.99. The van der Waals surface area contributed by atoms with Crippen LogP contribution in [0.25, 0.3) is 10.9 Å². The summed E-state index contributed by atoms with van der Waals surface area (Å²) >= 11 is 0. The van der Waals surface area contributed by atoms with Crippen LogP contribution in [-0.4, -0.2) is 34.1 Å². The fourth-order valence-corrected chi connectivity index (χ4v) is 4.21. The molecule has 3 aromatic rings. The highest BCUT2D eigenvalue weighted by atomic mass is 16.5. The maximum absolute atomic E-state index is 6.34. The molecular formula is C23H29N3O. The zero-order chi connectivity index (χ0) is 19.0. The van der Waals surface area contributed by atoms with E-state index in [2.05, 4.69) is 72.6 Å². The van der Waals surface area contributed by atoms with Gasteiger partial charge in [0.15, 0.2) is 0 Å². The van der Waals surface area contributed by atoms with Gasteiger partial charge in [-0.15, -0.1) is 0 Å². The molecular weight excluding hydrogens is 334 g/mol. The van der Waals surface area contributed by atoms with Gasteiger partial charge >= 0.3 is 0 Å². The Balaban J connectivity index is 1.80. The molecule has 4 heteroatoms. The SMILES string of the molecule is Cc1ccc2c(c1)c1c(n2CC(OC(C)C)c2ccncc2)CCN(C)C1. The molecule has 3 heterocycles. The molecule has 1 aliphatic rings. The molecule has 4 nitrogen and oxygen atoms in total. The molecule has 4 rings (SSSR count). The molecule has 0 bridgehead atoms. The lowest BCUT2D eigenvalue weighted by molar-refractivity contribution is -0.00312. The standard InChI is InChI=1S/C23H29N3O/c1-16(2)27-23(18-7-10-24-11-8-18)15-26-21-6-5-17(3)13-19(21)20-14-25(4)12-9-22(20)26/h5-8,10-11,13,16,23H,9,12,14-15H2,1-4H3. The maximum Gasteiger partial charge on any atom is 0.101 e. The van der Waals surface area contributed by atoms with Gasteiger partial charge in [0.1, 0.15) is 6.10 Å². The van der Waals surface area contributed by atoms with Gasteiger partial charge in [-0.05, 0) is 63.2 Å². The molecule has 0 fully saturated rings. The molecule has 1 unspecified atom stereocenters. The number of fused-ring (bicyclic) bond motifs is 3. The van der Waals surface area contributed by atoms with Gasteiger partial charge < -0.3 is 14.2 Å². The average molecular weight is 364 g/mol. The van der Waals surface area contributed by atoms with Crippen molar-refractivity contribution in [3.63, 3.8) is 0 Å². The minimum atomic E-state index is 0.0219. The van der Waals surface area contributed by atoms with E-state index in [0.717, 1.165) is 26.1 Å². The Bertz CT molecular complexity index is 930. The third-order valence-electron chi connectivity index (χ3n) is 5.46. The summed E-state index contributed by atoms with van der Waals surface area (Å²) in [6, 6.07) is 11.0. The van der Waals surface area contributed by atoms with Gasteiger partial charge in [-0.3, -0.25) is 4.98 Å². The normalized spacial score (nSPS) is 16.0. The number of hydrogen-bond donors (Lipinski definition) is 0. The van der Waals surface area contributed by atoms with Crippen molar-refractivity contribution in [2.75, 3.05) is 13.6 Å². The highest BCUT2D eigenvalue weighted by molar-refractivity contribution is 5.86. The molecule has 2 aromatic heterocycles. The van der Waals surface area contributed by atoms with Crippen LogP contribution in [0.5, 0.6) is 0 Å². The second-order valence-corrected chi connectivity index (χ2v) is 8.00. The average Bonchev–Trinajstić information content (AvgIpc) is 2.94. The summed E-state index contributed by atoms with van der Waals surface area (Å²) in [5.41, 5.74) is 6.79. The van der Waals surface area contributed by atoms with E-state index >= 15 is 0 Å². The lowest BCUT2D eigenvalue weighted by Crippen LogP contribution is -2.28. The molecule has 0 amide bonds. The Morgan fingerprint density at radius 2 is 1.93 bits per heavy atom. The lowest BCUT2D eigenvalue weighted by Gasteiger charge is -2.27. The van der Waals surface area contributed by atoms with Crippen molar-refractivity contribution in [3.05, 3.63) is 65.1 Å². The molecule has 27 heavy (non-hydrogen) atoms. The third-order valence-corrected chi connectivity index (χ3v) is 5.46. The number of benzene rings is 1. The molecule has 1 aromatic carbocycles. The number of pyridine rings is 1. The van der Waals surface area contributed by atoms with Crippen LogP contribution in [0.15, 0.2) is 42.7 Å². The third kappa shape index (κ3) is 3.64. The van der Waals surface area contributed by atoms with Crippen molar-refractivity contribution < 1.29 is 4.74 Å². The van der Waals surface area contributed by atoms with Crippen molar-refractivity contribution in [1.29, 1.82) is 0 Å². The number of aromatic nitrogens is 2. The lowest BCUT2D eigenvalue weighted by atomic mass is 10.0. The Hall–Kier alpha value is -2.17. The largest absolute Gasteiger partial charge is 0.369 e. The van der Waals surface area contributed by atoms with E-state index in [-0.39, 0.29) is 12.2 Å². The quantitative estimate of drug-likeness (QED) is 0.669. The molecule has 142 valence electrons. The minimum absolute atomic E-state index is 0.0219. The summed E-state index contributed by atoms with van der Waals surface area (Å²) in [5.74, 6) is 0. The summed E-state index contributed by atoms with van der Waals surface area (Å²) in [7, 11) is 2.21. The van der Waals surface area contributed by atoms with Gasteiger partial charge in [-0.25, -0.2) is 0 Å². The predicted octanol–water partition coefficient (Wildman–Crippen LogP) is 4.50. The van der Waals surface area contributed by atoms with E-state index in [9.17, 15) is 0 Å². The fraction of sp³-hybridized carbons (Fsp3) is 0.435. The molecule has 1 aliphatic heterocycles. The van der Waals surface area contributed by atoms with Crippen LogP contribution in [0.4, 0.5) is 0 Å². The Morgan fingerprint density at radius 3 is 2.67 bits per heavy atom. The molecule has 0 radical (unpaired) electrons. The number of hydrogen-bond acceptors (Lipinski definition) is 3. The summed E-state index contributed by atoms with van der Waals surface area (Å²) < 4.78 is 8.84. The van der Waals surface area contributed by atoms with Gasteiger partial charge in [0.2, 0.25) is 0 Å². The van der Waals surface area contributed by atoms with Crippen LogP contribution < -0.4 is 0 Å². The van der Waals surface area contributed by atoms with Gasteiger partial charge in [0.05, 0.1) is 12.6 Å². The van der Waals surface area contributed by atoms with Crippen LogP contribution in [0, 0.1) is 6.92 Å². The molecule has 0 aliphatic carbocycles. The van der Waals surface area contributed by atoms with Gasteiger partial charge in [0.25, 0.3) is 0 Å². The summed E-state index contributed by atoms with van der Waals surface area (Å²) in [4.78, 5) is 6.59. The van der Waals surface area contributed by atoms with Crippen molar-refractivity contribution in [2.24, 2.45) is 0 Å². The Morgan fingerprint density at radius 1 is 1.15 bits per heavy atom. The topological polar surface area (TPSA) is 30.3 Å². The summed E-state index contributed by atoms with van der Waals surface area (Å²) in [6.45, 7) is 9.35. The van der Waals surface area contributed by atoms with Crippen molar-refractivity contribution >= 4 is 10.9 Å². The number of rotatable bonds is 5. The van der Waals surface area contributed by atoms with Gasteiger partial charge in [-0.2, -0.15) is 0 Å². The van der Waals surface area contributed by atoms with Crippen LogP contribution in [0.3, 0.4) is 0 Å². The van der Waals surface area contributed by atoms with Crippen LogP contribution in [0.1, 0.15) is 42.3 Å². The first-order valence-corrected chi connectivity index (χ1v) is 9.87. The smallest absolute Gasteiger partial charge is 0.101 e. The van der Waals surface area contributed by atoms with E-state index in [1.54, 1.807) is 0 Å². The minimum Gasteiger partial charge on any atom is -0.369 e. The van der Waals surface area contributed by atoms with E-state index < -0.39 is 0 Å². The first-order valence-electron chi connectivity index (χ1n) is 9.87. The molecule has 0 N–H and O–H groups in total. The van der Waals surface area contributed by atoms with Gasteiger partial charge in [0, 0.05) is 48.5 Å². The van der Waals surface area contributed by atoms with Crippen molar-refractivity contribution in [3.8, 4) is 0 Å². The van der Waals surface area contributed by atoms with Crippen LogP contribution in [0.2, 0.25) is 0 Å². The zero-order valence-electron chi connectivity index (χ0n) is 16.8. The predicted molar refractivity (Wildman–Crippen MR) is 110 cm³/mol. The highest BCUT2D eigenvalue weighted by Crippen LogP contribution is 2.33. The van der Waals surface area contributed by atoms with E-state index in [1.807, 2.05) is 12.4 Å². The molecule has 1 atom stereocenters. The monoisotopic (exact) mass is 363 g/mol. The fourth-order valence-electron chi connectivity index (χ4n) is 4.21. The number of aryl methyl sites for hydroxylation is 1. The zero-order valence-corrected chi connectivity index (χ0v) is 16.8. The number of nitrogens with zero attached hydrogens (tertiary/aromatic N) is 3. The molecule has 0 saturated heterocycles. The van der Waals surface area contributed by atoms with Gasteiger partial charge in [-0.1, -0.05) is 11.6 Å². The van der Waals surface area contributed by atoms with E-state index in [1.165, 1.54) is 33.3 Å². The van der Waals surface area contributed by atoms with Crippen molar-refractivity contribution in [1.82, 2.24) is 14.5 Å². The van der Waals surface area contributed by atoms with Crippen LogP contribution >= 0.6 is 0 Å². The van der Waals surface area contributed by atoms with Crippen LogP contribution in [-0.2, 0) is 24.2 Å². The second-order valence-electron chi connectivity index (χ2n) is 8.00. The van der Waals surface area contributed by atoms with Crippen molar-refractivity contribution in [2.45, 2.75) is 52.5 Å². The van der Waals surface area contributed by atoms with E-state index in [0.29, 0.717) is 0 Å². The maximum atomic E-state index is 6.34. The first-order chi connectivity index (χ1) is 13.0. The number of likely N-dealkylation sites (N-methyl/N-ethyl adjacent to an activating group) is 1. The second kappa shape index (κ2) is 7.45. The Kier molecular flexibility index (Phi) is 5.02.